The van der Waals surface area contributed by atoms with Gasteiger partial charge in [0.05, 0.1) is 27.3 Å². The Balaban J connectivity index is 1.74. The molecule has 0 unspecified atom stereocenters. The van der Waals surface area contributed by atoms with Crippen LogP contribution in [0.4, 0.5) is 0 Å². The summed E-state index contributed by atoms with van der Waals surface area (Å²) >= 11 is 0. The monoisotopic (exact) mass is 527 g/mol. The maximum atomic E-state index is 13.7. The highest BCUT2D eigenvalue weighted by Gasteiger charge is 2.26. The maximum Gasteiger partial charge on any atom is 0.242 e. The van der Waals surface area contributed by atoms with Crippen LogP contribution < -0.4 is 9.47 Å². The Kier molecular flexibility index (Phi) is 10.6. The summed E-state index contributed by atoms with van der Waals surface area (Å²) in [5.41, 5.74) is 0.885. The molecule has 0 N–H and O–H groups in total. The summed E-state index contributed by atoms with van der Waals surface area (Å²) in [6, 6.07) is 9.61. The van der Waals surface area contributed by atoms with E-state index in [1.807, 2.05) is 37.3 Å². The van der Waals surface area contributed by atoms with Crippen molar-refractivity contribution in [2.75, 3.05) is 53.5 Å². The largest absolute Gasteiger partial charge is 0.493 e. The molecule has 3 rings (SSSR count). The lowest BCUT2D eigenvalue weighted by Gasteiger charge is -2.30. The summed E-state index contributed by atoms with van der Waals surface area (Å²) in [6.45, 7) is 12.4. The van der Waals surface area contributed by atoms with Gasteiger partial charge in [0.25, 0.3) is 0 Å². The predicted molar refractivity (Wildman–Crippen MR) is 148 cm³/mol. The highest BCUT2D eigenvalue weighted by molar-refractivity contribution is 5.85. The van der Waals surface area contributed by atoms with E-state index in [9.17, 15) is 9.59 Å². The van der Waals surface area contributed by atoms with Crippen molar-refractivity contribution in [3.8, 4) is 11.5 Å². The molecule has 2 aromatic rings. The van der Waals surface area contributed by atoms with E-state index < -0.39 is 0 Å². The second kappa shape index (κ2) is 13.7. The van der Waals surface area contributed by atoms with Crippen molar-refractivity contribution in [3.63, 3.8) is 0 Å². The molecule has 0 spiro atoms. The highest BCUT2D eigenvalue weighted by atomic mass is 16.5. The zero-order valence-electron chi connectivity index (χ0n) is 24.0. The molecule has 1 aliphatic heterocycles. The molecule has 1 aromatic carbocycles. The van der Waals surface area contributed by atoms with Gasteiger partial charge in [0, 0.05) is 26.1 Å². The van der Waals surface area contributed by atoms with Crippen molar-refractivity contribution in [2.24, 2.45) is 5.41 Å². The van der Waals surface area contributed by atoms with Gasteiger partial charge in [-0.2, -0.15) is 0 Å². The molecule has 1 aliphatic rings. The number of likely N-dealkylation sites (tertiary alicyclic amines) is 1. The van der Waals surface area contributed by atoms with Crippen LogP contribution in [0, 0.1) is 12.3 Å². The average molecular weight is 528 g/mol. The van der Waals surface area contributed by atoms with E-state index in [1.54, 1.807) is 24.0 Å². The summed E-state index contributed by atoms with van der Waals surface area (Å²) in [6.07, 6.45) is 3.43. The van der Waals surface area contributed by atoms with Crippen LogP contribution in [0.3, 0.4) is 0 Å². The minimum absolute atomic E-state index is 0.0266. The number of amides is 2. The van der Waals surface area contributed by atoms with Crippen LogP contribution >= 0.6 is 0 Å². The quantitative estimate of drug-likeness (QED) is 0.381. The number of carbonyl (C=O) groups excluding carboxylic acids is 2. The van der Waals surface area contributed by atoms with Gasteiger partial charge in [0.15, 0.2) is 11.5 Å². The first kappa shape index (κ1) is 29.6. The molecule has 1 fully saturated rings. The number of aryl methyl sites for hydroxylation is 1. The van der Waals surface area contributed by atoms with Crippen molar-refractivity contribution < 1.29 is 23.5 Å². The topological polar surface area (TPSA) is 75.5 Å². The Labute approximate surface area is 227 Å². The fourth-order valence-electron chi connectivity index (χ4n) is 4.74. The zero-order chi connectivity index (χ0) is 27.7. The Hall–Kier alpha value is -3.00. The van der Waals surface area contributed by atoms with Crippen molar-refractivity contribution in [1.29, 1.82) is 0 Å². The Bertz CT molecular complexity index is 1050. The van der Waals surface area contributed by atoms with Gasteiger partial charge in [-0.05, 0) is 74.5 Å². The van der Waals surface area contributed by atoms with Crippen LogP contribution in [0.5, 0.6) is 11.5 Å². The Morgan fingerprint density at radius 2 is 1.66 bits per heavy atom. The van der Waals surface area contributed by atoms with Crippen LogP contribution in [0.25, 0.3) is 0 Å². The van der Waals surface area contributed by atoms with E-state index in [2.05, 4.69) is 25.7 Å². The summed E-state index contributed by atoms with van der Waals surface area (Å²) < 4.78 is 16.6. The van der Waals surface area contributed by atoms with Crippen molar-refractivity contribution in [2.45, 2.75) is 59.9 Å². The van der Waals surface area contributed by atoms with E-state index in [0.717, 1.165) is 36.7 Å². The molecule has 2 amide bonds. The number of ether oxygens (including phenoxy) is 2. The molecular formula is C30H45N3O5. The van der Waals surface area contributed by atoms with Crippen LogP contribution in [0.2, 0.25) is 0 Å². The van der Waals surface area contributed by atoms with Gasteiger partial charge in [0.2, 0.25) is 11.8 Å². The number of furan rings is 1. The van der Waals surface area contributed by atoms with Crippen molar-refractivity contribution >= 4 is 11.8 Å². The van der Waals surface area contributed by atoms with Gasteiger partial charge in [-0.1, -0.05) is 26.8 Å². The normalized spacial score (nSPS) is 13.9. The summed E-state index contributed by atoms with van der Waals surface area (Å²) in [4.78, 5) is 32.9. The molecule has 0 radical (unpaired) electrons. The third kappa shape index (κ3) is 9.08. The van der Waals surface area contributed by atoms with Crippen LogP contribution in [-0.4, -0.2) is 80.0 Å². The molecule has 2 heterocycles. The first-order valence-corrected chi connectivity index (χ1v) is 13.6. The number of methoxy groups -OCH3 is 2. The Morgan fingerprint density at radius 1 is 0.947 bits per heavy atom. The SMILES string of the molecule is COc1ccc(CCN(Cc2ccc(C)o2)C(=O)CN(CCN2CCCC2)C(=O)CC(C)(C)C)cc1OC. The zero-order valence-corrected chi connectivity index (χ0v) is 24.0. The lowest BCUT2D eigenvalue weighted by Crippen LogP contribution is -2.46. The Morgan fingerprint density at radius 3 is 2.26 bits per heavy atom. The summed E-state index contributed by atoms with van der Waals surface area (Å²) in [7, 11) is 3.22. The van der Waals surface area contributed by atoms with Crippen molar-refractivity contribution in [3.05, 3.63) is 47.4 Å². The second-order valence-electron chi connectivity index (χ2n) is 11.4. The molecule has 0 bridgehead atoms. The first-order valence-electron chi connectivity index (χ1n) is 13.6. The smallest absolute Gasteiger partial charge is 0.242 e. The number of hydrogen-bond donors (Lipinski definition) is 0. The first-order chi connectivity index (χ1) is 18.1. The molecule has 210 valence electrons. The van der Waals surface area contributed by atoms with Gasteiger partial charge >= 0.3 is 0 Å². The van der Waals surface area contributed by atoms with Crippen LogP contribution in [-0.2, 0) is 22.6 Å². The van der Waals surface area contributed by atoms with Gasteiger partial charge in [-0.25, -0.2) is 0 Å². The molecule has 8 heteroatoms. The molecule has 0 saturated carbocycles. The third-order valence-electron chi connectivity index (χ3n) is 6.86. The standard InChI is InChI=1S/C30H45N3O5/c1-23-9-11-25(38-23)21-32(16-13-24-10-12-26(36-5)27(19-24)37-6)29(35)22-33(28(34)20-30(2,3)4)18-17-31-14-7-8-15-31/h9-12,19H,7-8,13-18,20-22H2,1-6H3. The second-order valence-corrected chi connectivity index (χ2v) is 11.4. The summed E-state index contributed by atoms with van der Waals surface area (Å²) in [5, 5.41) is 0. The minimum atomic E-state index is -0.148. The maximum absolute atomic E-state index is 13.7. The van der Waals surface area contributed by atoms with E-state index in [1.165, 1.54) is 12.8 Å². The number of nitrogens with zero attached hydrogens (tertiary/aromatic N) is 3. The molecular weight excluding hydrogens is 482 g/mol. The number of carbonyl (C=O) groups is 2. The van der Waals surface area contributed by atoms with E-state index in [-0.39, 0.29) is 23.8 Å². The lowest BCUT2D eigenvalue weighted by atomic mass is 9.91. The fraction of sp³-hybridized carbons (Fsp3) is 0.600. The summed E-state index contributed by atoms with van der Waals surface area (Å²) in [5.74, 6) is 2.81. The van der Waals surface area contributed by atoms with Gasteiger partial charge < -0.3 is 28.6 Å². The molecule has 38 heavy (non-hydrogen) atoms. The molecule has 1 saturated heterocycles. The molecule has 0 atom stereocenters. The van der Waals surface area contributed by atoms with Crippen LogP contribution in [0.15, 0.2) is 34.7 Å². The average Bonchev–Trinajstić information content (AvgIpc) is 3.54. The number of rotatable bonds is 13. The fourth-order valence-corrected chi connectivity index (χ4v) is 4.74. The molecule has 8 nitrogen and oxygen atoms in total. The highest BCUT2D eigenvalue weighted by Crippen LogP contribution is 2.28. The third-order valence-corrected chi connectivity index (χ3v) is 6.86. The predicted octanol–water partition coefficient (Wildman–Crippen LogP) is 4.54. The van der Waals surface area contributed by atoms with E-state index in [0.29, 0.717) is 44.0 Å². The van der Waals surface area contributed by atoms with Gasteiger partial charge in [-0.3, -0.25) is 9.59 Å². The number of benzene rings is 1. The number of hydrogen-bond acceptors (Lipinski definition) is 6. The molecule has 1 aromatic heterocycles. The molecule has 0 aliphatic carbocycles. The van der Waals surface area contributed by atoms with Gasteiger partial charge in [0.1, 0.15) is 11.5 Å². The lowest BCUT2D eigenvalue weighted by molar-refractivity contribution is -0.142. The van der Waals surface area contributed by atoms with E-state index in [4.69, 9.17) is 13.9 Å². The minimum Gasteiger partial charge on any atom is -0.493 e. The van der Waals surface area contributed by atoms with E-state index >= 15 is 0 Å². The van der Waals surface area contributed by atoms with Crippen LogP contribution in [0.1, 0.15) is 57.1 Å². The van der Waals surface area contributed by atoms with Gasteiger partial charge in [-0.15, -0.1) is 0 Å². The van der Waals surface area contributed by atoms with Crippen molar-refractivity contribution in [1.82, 2.24) is 14.7 Å².